The second-order valence-electron chi connectivity index (χ2n) is 4.74. The van der Waals surface area contributed by atoms with E-state index in [9.17, 15) is 4.79 Å². The lowest BCUT2D eigenvalue weighted by atomic mass is 10.1. The van der Waals surface area contributed by atoms with Crippen LogP contribution in [-0.2, 0) is 9.53 Å². The number of pyridine rings is 1. The van der Waals surface area contributed by atoms with E-state index in [0.29, 0.717) is 24.7 Å². The second kappa shape index (κ2) is 5.98. The van der Waals surface area contributed by atoms with E-state index < -0.39 is 0 Å². The van der Waals surface area contributed by atoms with Gasteiger partial charge in [0.1, 0.15) is 18.7 Å². The van der Waals surface area contributed by atoms with Gasteiger partial charge in [-0.2, -0.15) is 5.10 Å². The third kappa shape index (κ3) is 3.06. The van der Waals surface area contributed by atoms with Crippen LogP contribution in [0, 0.1) is 0 Å². The molecule has 0 aromatic carbocycles. The van der Waals surface area contributed by atoms with Gasteiger partial charge in [-0.15, -0.1) is 0 Å². The van der Waals surface area contributed by atoms with Crippen molar-refractivity contribution in [3.8, 4) is 5.82 Å². The molecule has 8 nitrogen and oxygen atoms in total. The summed E-state index contributed by atoms with van der Waals surface area (Å²) in [6.07, 6.45) is 4.43. The van der Waals surface area contributed by atoms with E-state index in [1.165, 1.54) is 6.33 Å². The number of aromatic nitrogens is 4. The fourth-order valence-electron chi connectivity index (χ4n) is 2.17. The van der Waals surface area contributed by atoms with Crippen molar-refractivity contribution < 1.29 is 9.53 Å². The van der Waals surface area contributed by atoms with E-state index in [4.69, 9.17) is 4.74 Å². The Morgan fingerprint density at radius 3 is 3.10 bits per heavy atom. The molecule has 0 radical (unpaired) electrons. The lowest BCUT2D eigenvalue weighted by Crippen LogP contribution is -2.53. The summed E-state index contributed by atoms with van der Waals surface area (Å²) >= 11 is 0. The summed E-state index contributed by atoms with van der Waals surface area (Å²) in [5, 5.41) is 9.96. The van der Waals surface area contributed by atoms with Crippen molar-refractivity contribution in [2.75, 3.05) is 18.5 Å². The predicted octanol–water partition coefficient (Wildman–Crippen LogP) is -0.0223. The van der Waals surface area contributed by atoms with E-state index in [0.717, 1.165) is 0 Å². The van der Waals surface area contributed by atoms with Gasteiger partial charge in [0.15, 0.2) is 5.82 Å². The maximum Gasteiger partial charge on any atom is 0.244 e. The monoisotopic (exact) mass is 288 g/mol. The highest BCUT2D eigenvalue weighted by molar-refractivity contribution is 5.95. The van der Waals surface area contributed by atoms with Crippen LogP contribution in [0.25, 0.3) is 5.82 Å². The summed E-state index contributed by atoms with van der Waals surface area (Å²) in [6, 6.07) is 3.18. The summed E-state index contributed by atoms with van der Waals surface area (Å²) in [4.78, 5) is 20.3. The first-order valence-electron chi connectivity index (χ1n) is 6.71. The van der Waals surface area contributed by atoms with Gasteiger partial charge < -0.3 is 15.4 Å². The van der Waals surface area contributed by atoms with Gasteiger partial charge in [0, 0.05) is 6.54 Å². The molecule has 1 saturated heterocycles. The van der Waals surface area contributed by atoms with Crippen LogP contribution in [0.3, 0.4) is 0 Å². The third-order valence-electron chi connectivity index (χ3n) is 3.27. The zero-order valence-corrected chi connectivity index (χ0v) is 11.6. The molecule has 1 aliphatic rings. The van der Waals surface area contributed by atoms with Crippen LogP contribution in [0.2, 0.25) is 0 Å². The molecule has 0 aliphatic carbocycles. The van der Waals surface area contributed by atoms with Crippen molar-refractivity contribution in [3.63, 3.8) is 0 Å². The van der Waals surface area contributed by atoms with Crippen LogP contribution >= 0.6 is 0 Å². The number of nitrogens with zero attached hydrogens (tertiary/aromatic N) is 4. The van der Waals surface area contributed by atoms with Gasteiger partial charge in [0.05, 0.1) is 24.6 Å². The zero-order valence-electron chi connectivity index (χ0n) is 11.6. The van der Waals surface area contributed by atoms with Crippen molar-refractivity contribution in [1.29, 1.82) is 0 Å². The van der Waals surface area contributed by atoms with Crippen LogP contribution in [0.4, 0.5) is 5.69 Å². The number of rotatable bonds is 3. The Bertz CT molecular complexity index is 598. The average Bonchev–Trinajstić information content (AvgIpc) is 3.02. The maximum atomic E-state index is 12.2. The van der Waals surface area contributed by atoms with Crippen molar-refractivity contribution in [2.24, 2.45) is 0 Å². The first-order chi connectivity index (χ1) is 10.2. The number of carbonyl (C=O) groups excluding carboxylic acids is 1. The summed E-state index contributed by atoms with van der Waals surface area (Å²) in [7, 11) is 0. The van der Waals surface area contributed by atoms with E-state index in [1.807, 2.05) is 6.92 Å². The molecule has 2 aromatic heterocycles. The van der Waals surface area contributed by atoms with Crippen LogP contribution in [-0.4, -0.2) is 51.0 Å². The predicted molar refractivity (Wildman–Crippen MR) is 75.0 cm³/mol. The number of ether oxygens (including phenoxy) is 1. The first-order valence-corrected chi connectivity index (χ1v) is 6.71. The Labute approximate surface area is 121 Å². The minimum absolute atomic E-state index is 0.127. The molecule has 21 heavy (non-hydrogen) atoms. The molecular formula is C13H16N6O2. The normalized spacial score (nSPS) is 22.0. The number of amides is 1. The fourth-order valence-corrected chi connectivity index (χ4v) is 2.17. The summed E-state index contributed by atoms with van der Waals surface area (Å²) in [5.41, 5.74) is 0.628. The van der Waals surface area contributed by atoms with Gasteiger partial charge in [0.25, 0.3) is 0 Å². The number of hydrogen-bond donors (Lipinski definition) is 2. The van der Waals surface area contributed by atoms with Crippen molar-refractivity contribution in [3.05, 3.63) is 31.0 Å². The topological polar surface area (TPSA) is 94.0 Å². The smallest absolute Gasteiger partial charge is 0.244 e. The van der Waals surface area contributed by atoms with Crippen LogP contribution < -0.4 is 10.6 Å². The van der Waals surface area contributed by atoms with Crippen molar-refractivity contribution in [2.45, 2.75) is 19.1 Å². The highest BCUT2D eigenvalue weighted by Gasteiger charge is 2.28. The molecule has 0 bridgehead atoms. The van der Waals surface area contributed by atoms with Crippen LogP contribution in [0.5, 0.6) is 0 Å². The molecule has 0 saturated carbocycles. The lowest BCUT2D eigenvalue weighted by Gasteiger charge is -2.29. The first kappa shape index (κ1) is 13.7. The largest absolute Gasteiger partial charge is 0.375 e. The average molecular weight is 288 g/mol. The molecule has 3 heterocycles. The van der Waals surface area contributed by atoms with Gasteiger partial charge >= 0.3 is 0 Å². The lowest BCUT2D eigenvalue weighted by molar-refractivity contribution is -0.123. The van der Waals surface area contributed by atoms with Gasteiger partial charge in [-0.3, -0.25) is 4.79 Å². The van der Waals surface area contributed by atoms with E-state index in [1.54, 1.807) is 29.3 Å². The molecule has 110 valence electrons. The number of carbonyl (C=O) groups is 1. The van der Waals surface area contributed by atoms with Gasteiger partial charge in [-0.1, -0.05) is 0 Å². The Balaban J connectivity index is 1.66. The SMILES string of the molecule is C[C@H]1OCCN[C@@H]1C(=O)Nc1ccc(-n2cncn2)nc1. The second-order valence-corrected chi connectivity index (χ2v) is 4.74. The number of morpholine rings is 1. The third-order valence-corrected chi connectivity index (χ3v) is 3.27. The van der Waals surface area contributed by atoms with E-state index in [-0.39, 0.29) is 18.1 Å². The van der Waals surface area contributed by atoms with Crippen LogP contribution in [0.15, 0.2) is 31.0 Å². The Kier molecular flexibility index (Phi) is 3.89. The Morgan fingerprint density at radius 2 is 2.43 bits per heavy atom. The molecule has 1 fully saturated rings. The molecule has 1 amide bonds. The molecular weight excluding hydrogens is 272 g/mol. The van der Waals surface area contributed by atoms with Crippen molar-refractivity contribution >= 4 is 11.6 Å². The quantitative estimate of drug-likeness (QED) is 0.824. The highest BCUT2D eigenvalue weighted by atomic mass is 16.5. The minimum Gasteiger partial charge on any atom is -0.375 e. The fraction of sp³-hybridized carbons (Fsp3) is 0.385. The Morgan fingerprint density at radius 1 is 1.52 bits per heavy atom. The molecule has 1 aliphatic heterocycles. The molecule has 0 unspecified atom stereocenters. The molecule has 2 N–H and O–H groups in total. The summed E-state index contributed by atoms with van der Waals surface area (Å²) < 4.78 is 7.01. The van der Waals surface area contributed by atoms with Crippen molar-refractivity contribution in [1.82, 2.24) is 25.1 Å². The highest BCUT2D eigenvalue weighted by Crippen LogP contribution is 2.11. The Hall–Kier alpha value is -2.32. The standard InChI is InChI=1S/C13H16N6O2/c1-9-12(15-4-5-21-9)13(20)18-10-2-3-11(16-6-10)19-8-14-7-17-19/h2-3,6-9,12,15H,4-5H2,1H3,(H,18,20)/t9-,12+/m1/s1. The molecule has 2 aromatic rings. The molecule has 8 heteroatoms. The van der Waals surface area contributed by atoms with Crippen LogP contribution in [0.1, 0.15) is 6.92 Å². The molecule has 3 rings (SSSR count). The maximum absolute atomic E-state index is 12.2. The summed E-state index contributed by atoms with van der Waals surface area (Å²) in [5.74, 6) is 0.510. The number of hydrogen-bond acceptors (Lipinski definition) is 6. The van der Waals surface area contributed by atoms with E-state index in [2.05, 4.69) is 25.7 Å². The zero-order chi connectivity index (χ0) is 14.7. The number of anilines is 1. The van der Waals surface area contributed by atoms with E-state index >= 15 is 0 Å². The molecule has 2 atom stereocenters. The molecule has 0 spiro atoms. The minimum atomic E-state index is -0.353. The summed E-state index contributed by atoms with van der Waals surface area (Å²) in [6.45, 7) is 3.17. The number of nitrogens with one attached hydrogen (secondary N) is 2. The van der Waals surface area contributed by atoms with Gasteiger partial charge in [0.2, 0.25) is 5.91 Å². The van der Waals surface area contributed by atoms with Gasteiger partial charge in [-0.25, -0.2) is 14.6 Å². The van der Waals surface area contributed by atoms with Gasteiger partial charge in [-0.05, 0) is 19.1 Å².